The highest BCUT2D eigenvalue weighted by atomic mass is 32.1. The molecule has 4 nitrogen and oxygen atoms in total. The average Bonchev–Trinajstić information content (AvgIpc) is 2.74. The Labute approximate surface area is 117 Å². The molecule has 1 heterocycles. The fourth-order valence-electron chi connectivity index (χ4n) is 2.57. The van der Waals surface area contributed by atoms with Crippen LogP contribution in [0.2, 0.25) is 0 Å². The fraction of sp³-hybridized carbons (Fsp3) is 0.571. The molecule has 0 aliphatic heterocycles. The third-order valence-corrected chi connectivity index (χ3v) is 4.93. The maximum Gasteiger partial charge on any atom is 0.251 e. The molecule has 1 aromatic heterocycles. The van der Waals surface area contributed by atoms with E-state index in [1.807, 2.05) is 0 Å². The molecule has 0 radical (unpaired) electrons. The molecule has 5 heteroatoms. The van der Waals surface area contributed by atoms with Gasteiger partial charge in [0, 0.05) is 11.3 Å². The van der Waals surface area contributed by atoms with Gasteiger partial charge in [-0.25, -0.2) is 0 Å². The van der Waals surface area contributed by atoms with Gasteiger partial charge in [0.2, 0.25) is 5.91 Å². The highest BCUT2D eigenvalue weighted by Gasteiger charge is 2.27. The third kappa shape index (κ3) is 2.81. The minimum absolute atomic E-state index is 0.0758. The van der Waals surface area contributed by atoms with E-state index in [0.717, 1.165) is 31.2 Å². The van der Waals surface area contributed by atoms with Gasteiger partial charge in [-0.05, 0) is 30.7 Å². The molecule has 0 aromatic carbocycles. The van der Waals surface area contributed by atoms with Crippen LogP contribution in [-0.2, 0) is 17.6 Å². The summed E-state index contributed by atoms with van der Waals surface area (Å²) >= 11 is 1.52. The summed E-state index contributed by atoms with van der Waals surface area (Å²) in [4.78, 5) is 24.4. The first-order valence-corrected chi connectivity index (χ1v) is 7.62. The Morgan fingerprint density at radius 2 is 2.16 bits per heavy atom. The van der Waals surface area contributed by atoms with Crippen LogP contribution >= 0.6 is 11.3 Å². The summed E-state index contributed by atoms with van der Waals surface area (Å²) in [6.07, 6.45) is 4.54. The molecule has 2 rings (SSSR count). The topological polar surface area (TPSA) is 72.2 Å². The Morgan fingerprint density at radius 3 is 2.74 bits per heavy atom. The summed E-state index contributed by atoms with van der Waals surface area (Å²) in [7, 11) is 0. The van der Waals surface area contributed by atoms with Gasteiger partial charge in [-0.3, -0.25) is 9.59 Å². The molecule has 104 valence electrons. The molecule has 0 saturated carbocycles. The van der Waals surface area contributed by atoms with E-state index in [1.165, 1.54) is 16.2 Å². The zero-order chi connectivity index (χ0) is 14.0. The lowest BCUT2D eigenvalue weighted by atomic mass is 9.85. The van der Waals surface area contributed by atoms with Crippen molar-refractivity contribution < 1.29 is 9.59 Å². The summed E-state index contributed by atoms with van der Waals surface area (Å²) in [6.45, 7) is 3.98. The van der Waals surface area contributed by atoms with Crippen LogP contribution in [0.25, 0.3) is 0 Å². The van der Waals surface area contributed by atoms with Gasteiger partial charge in [0.15, 0.2) is 0 Å². The van der Waals surface area contributed by atoms with E-state index in [-0.39, 0.29) is 5.91 Å². The largest absolute Gasteiger partial charge is 0.365 e. The Balaban J connectivity index is 2.36. The van der Waals surface area contributed by atoms with Gasteiger partial charge >= 0.3 is 0 Å². The number of nitrogens with one attached hydrogen (secondary N) is 1. The summed E-state index contributed by atoms with van der Waals surface area (Å²) in [5.41, 5.74) is 7.09. The lowest BCUT2D eigenvalue weighted by Gasteiger charge is -2.20. The molecule has 0 spiro atoms. The number of carbonyl (C=O) groups excluding carboxylic acids is 2. The summed E-state index contributed by atoms with van der Waals surface area (Å²) in [6, 6.07) is 0. The second kappa shape index (κ2) is 5.74. The van der Waals surface area contributed by atoms with E-state index in [1.54, 1.807) is 6.92 Å². The first-order chi connectivity index (χ1) is 9.06. The van der Waals surface area contributed by atoms with Crippen LogP contribution in [0.3, 0.4) is 0 Å². The van der Waals surface area contributed by atoms with Crippen molar-refractivity contribution in [3.8, 4) is 0 Å². The van der Waals surface area contributed by atoms with E-state index in [2.05, 4.69) is 12.2 Å². The molecule has 1 aliphatic carbocycles. The maximum absolute atomic E-state index is 11.7. The standard InChI is InChI=1S/C14H20N2O2S/c1-3-8-5-6-9-10(7-8)19-14(12(9)13(15)18)16-11(17)4-2/h8H,3-7H2,1-2H3,(H2,15,18)(H,16,17)/t8-/m0/s1. The normalized spacial score (nSPS) is 17.9. The van der Waals surface area contributed by atoms with Crippen molar-refractivity contribution in [3.63, 3.8) is 0 Å². The first kappa shape index (κ1) is 14.1. The average molecular weight is 280 g/mol. The Bertz CT molecular complexity index is 508. The zero-order valence-electron chi connectivity index (χ0n) is 11.4. The van der Waals surface area contributed by atoms with Gasteiger partial charge in [-0.15, -0.1) is 11.3 Å². The zero-order valence-corrected chi connectivity index (χ0v) is 12.2. The SMILES string of the molecule is CCC(=O)Nc1sc2c(c1C(N)=O)CC[C@H](CC)C2. The van der Waals surface area contributed by atoms with E-state index < -0.39 is 5.91 Å². The predicted octanol–water partition coefficient (Wildman–Crippen LogP) is 2.71. The van der Waals surface area contributed by atoms with Crippen molar-refractivity contribution in [2.75, 3.05) is 5.32 Å². The number of nitrogens with two attached hydrogens (primary N) is 1. The fourth-order valence-corrected chi connectivity index (χ4v) is 3.95. The number of hydrogen-bond donors (Lipinski definition) is 2. The highest BCUT2D eigenvalue weighted by molar-refractivity contribution is 7.17. The van der Waals surface area contributed by atoms with Crippen LogP contribution in [0.15, 0.2) is 0 Å². The monoisotopic (exact) mass is 280 g/mol. The Morgan fingerprint density at radius 1 is 1.42 bits per heavy atom. The van der Waals surface area contributed by atoms with Gasteiger partial charge in [0.05, 0.1) is 5.56 Å². The molecule has 1 aromatic rings. The number of hydrogen-bond acceptors (Lipinski definition) is 3. The van der Waals surface area contributed by atoms with Gasteiger partial charge in [-0.2, -0.15) is 0 Å². The van der Waals surface area contributed by atoms with Gasteiger partial charge in [0.1, 0.15) is 5.00 Å². The molecule has 1 aliphatic rings. The van der Waals surface area contributed by atoms with Crippen LogP contribution in [0.4, 0.5) is 5.00 Å². The van der Waals surface area contributed by atoms with Crippen molar-refractivity contribution in [3.05, 3.63) is 16.0 Å². The van der Waals surface area contributed by atoms with Crippen molar-refractivity contribution in [2.24, 2.45) is 11.7 Å². The van der Waals surface area contributed by atoms with Gasteiger partial charge in [0.25, 0.3) is 5.91 Å². The van der Waals surface area contributed by atoms with Crippen LogP contribution in [0.5, 0.6) is 0 Å². The predicted molar refractivity (Wildman–Crippen MR) is 77.6 cm³/mol. The molecule has 19 heavy (non-hydrogen) atoms. The number of primary amides is 1. The van der Waals surface area contributed by atoms with E-state index in [0.29, 0.717) is 22.9 Å². The molecule has 0 unspecified atom stereocenters. The van der Waals surface area contributed by atoms with Crippen molar-refractivity contribution in [1.29, 1.82) is 0 Å². The summed E-state index contributed by atoms with van der Waals surface area (Å²) in [5, 5.41) is 3.45. The quantitative estimate of drug-likeness (QED) is 0.890. The molecule has 2 amide bonds. The van der Waals surface area contributed by atoms with Crippen LogP contribution in [-0.4, -0.2) is 11.8 Å². The van der Waals surface area contributed by atoms with Crippen LogP contribution in [0, 0.1) is 5.92 Å². The molecule has 0 fully saturated rings. The van der Waals surface area contributed by atoms with Crippen molar-refractivity contribution in [2.45, 2.75) is 46.0 Å². The van der Waals surface area contributed by atoms with E-state index >= 15 is 0 Å². The molecule has 0 saturated heterocycles. The Hall–Kier alpha value is -1.36. The number of rotatable bonds is 4. The first-order valence-electron chi connectivity index (χ1n) is 6.80. The minimum atomic E-state index is -0.432. The summed E-state index contributed by atoms with van der Waals surface area (Å²) in [5.74, 6) is 0.175. The minimum Gasteiger partial charge on any atom is -0.365 e. The van der Waals surface area contributed by atoms with E-state index in [4.69, 9.17) is 5.73 Å². The second-order valence-corrected chi connectivity index (χ2v) is 6.10. The van der Waals surface area contributed by atoms with E-state index in [9.17, 15) is 9.59 Å². The van der Waals surface area contributed by atoms with Gasteiger partial charge in [-0.1, -0.05) is 20.3 Å². The molecule has 0 bridgehead atoms. The number of anilines is 1. The second-order valence-electron chi connectivity index (χ2n) is 4.99. The highest BCUT2D eigenvalue weighted by Crippen LogP contribution is 2.40. The Kier molecular flexibility index (Phi) is 4.24. The number of amides is 2. The molecule has 1 atom stereocenters. The van der Waals surface area contributed by atoms with Crippen molar-refractivity contribution in [1.82, 2.24) is 0 Å². The van der Waals surface area contributed by atoms with Crippen molar-refractivity contribution >= 4 is 28.2 Å². The smallest absolute Gasteiger partial charge is 0.251 e. The number of carbonyl (C=O) groups is 2. The lowest BCUT2D eigenvalue weighted by molar-refractivity contribution is -0.115. The van der Waals surface area contributed by atoms with Gasteiger partial charge < -0.3 is 11.1 Å². The maximum atomic E-state index is 11.7. The lowest BCUT2D eigenvalue weighted by Crippen LogP contribution is -2.19. The number of thiophene rings is 1. The molecule has 3 N–H and O–H groups in total. The molecular formula is C14H20N2O2S. The third-order valence-electron chi connectivity index (χ3n) is 3.77. The summed E-state index contributed by atoms with van der Waals surface area (Å²) < 4.78 is 0. The van der Waals surface area contributed by atoms with Crippen LogP contribution in [0.1, 0.15) is 53.9 Å². The molecular weight excluding hydrogens is 260 g/mol. The van der Waals surface area contributed by atoms with Crippen LogP contribution < -0.4 is 11.1 Å². The number of fused-ring (bicyclic) bond motifs is 1.